The fourth-order valence-corrected chi connectivity index (χ4v) is 4.20. The lowest BCUT2D eigenvalue weighted by molar-refractivity contribution is -0.0823. The SMILES string of the molecule is CCNC(=NCC1CCCOC1C(C)(C)C)NCCN1CCN(CC)CC1.I. The summed E-state index contributed by atoms with van der Waals surface area (Å²) in [5.41, 5.74) is 0.174. The number of halogens is 1. The topological polar surface area (TPSA) is 52.1 Å². The number of guanidine groups is 1. The Morgan fingerprint density at radius 2 is 1.75 bits per heavy atom. The minimum absolute atomic E-state index is 0. The molecule has 2 saturated heterocycles. The Morgan fingerprint density at radius 1 is 1.07 bits per heavy atom. The summed E-state index contributed by atoms with van der Waals surface area (Å²) in [6, 6.07) is 0. The molecule has 28 heavy (non-hydrogen) atoms. The maximum absolute atomic E-state index is 6.10. The van der Waals surface area contributed by atoms with Gasteiger partial charge in [-0.05, 0) is 31.7 Å². The van der Waals surface area contributed by atoms with Gasteiger partial charge in [0.1, 0.15) is 0 Å². The highest BCUT2D eigenvalue weighted by molar-refractivity contribution is 14.0. The van der Waals surface area contributed by atoms with Crippen molar-refractivity contribution in [3.05, 3.63) is 0 Å². The number of nitrogens with one attached hydrogen (secondary N) is 2. The van der Waals surface area contributed by atoms with Crippen LogP contribution in [-0.2, 0) is 4.74 Å². The predicted molar refractivity (Wildman–Crippen MR) is 130 cm³/mol. The maximum Gasteiger partial charge on any atom is 0.191 e. The van der Waals surface area contributed by atoms with E-state index in [1.807, 2.05) is 0 Å². The van der Waals surface area contributed by atoms with E-state index in [0.717, 1.165) is 45.2 Å². The van der Waals surface area contributed by atoms with E-state index >= 15 is 0 Å². The van der Waals surface area contributed by atoms with E-state index in [1.54, 1.807) is 0 Å². The van der Waals surface area contributed by atoms with Gasteiger partial charge in [0, 0.05) is 64.9 Å². The molecule has 2 N–H and O–H groups in total. The van der Waals surface area contributed by atoms with Gasteiger partial charge in [-0.25, -0.2) is 0 Å². The summed E-state index contributed by atoms with van der Waals surface area (Å²) in [6.45, 7) is 21.8. The van der Waals surface area contributed by atoms with Gasteiger partial charge in [-0.1, -0.05) is 27.7 Å². The summed E-state index contributed by atoms with van der Waals surface area (Å²) >= 11 is 0. The molecular formula is C21H44IN5O. The highest BCUT2D eigenvalue weighted by atomic mass is 127. The lowest BCUT2D eigenvalue weighted by atomic mass is 9.78. The molecule has 2 atom stereocenters. The number of likely N-dealkylation sites (N-methyl/N-ethyl adjacent to an activating group) is 1. The van der Waals surface area contributed by atoms with E-state index in [1.165, 1.54) is 39.1 Å². The third-order valence-corrected chi connectivity index (χ3v) is 5.76. The molecule has 0 bridgehead atoms. The Kier molecular flexibility index (Phi) is 12.3. The molecule has 0 amide bonds. The van der Waals surface area contributed by atoms with Crippen LogP contribution in [0.4, 0.5) is 0 Å². The maximum atomic E-state index is 6.10. The van der Waals surface area contributed by atoms with E-state index in [4.69, 9.17) is 9.73 Å². The second-order valence-electron chi connectivity index (χ2n) is 8.98. The van der Waals surface area contributed by atoms with Gasteiger partial charge in [-0.3, -0.25) is 9.89 Å². The summed E-state index contributed by atoms with van der Waals surface area (Å²) in [4.78, 5) is 9.97. The summed E-state index contributed by atoms with van der Waals surface area (Å²) in [7, 11) is 0. The molecule has 0 saturated carbocycles. The molecule has 2 unspecified atom stereocenters. The number of rotatable bonds is 7. The number of piperazine rings is 1. The molecule has 166 valence electrons. The third kappa shape index (κ3) is 8.71. The third-order valence-electron chi connectivity index (χ3n) is 5.76. The van der Waals surface area contributed by atoms with Crippen LogP contribution in [0.15, 0.2) is 4.99 Å². The van der Waals surface area contributed by atoms with Crippen molar-refractivity contribution in [2.75, 3.05) is 65.5 Å². The van der Waals surface area contributed by atoms with E-state index in [9.17, 15) is 0 Å². The van der Waals surface area contributed by atoms with Gasteiger partial charge in [0.05, 0.1) is 6.10 Å². The number of nitrogens with zero attached hydrogens (tertiary/aromatic N) is 3. The average molecular weight is 510 g/mol. The van der Waals surface area contributed by atoms with E-state index in [-0.39, 0.29) is 29.4 Å². The van der Waals surface area contributed by atoms with Crippen molar-refractivity contribution in [1.29, 1.82) is 0 Å². The zero-order valence-electron chi connectivity index (χ0n) is 18.8. The molecule has 2 rings (SSSR count). The van der Waals surface area contributed by atoms with Crippen LogP contribution in [0.1, 0.15) is 47.5 Å². The highest BCUT2D eigenvalue weighted by Gasteiger charge is 2.35. The zero-order valence-corrected chi connectivity index (χ0v) is 21.1. The van der Waals surface area contributed by atoms with Gasteiger partial charge in [0.2, 0.25) is 0 Å². The molecule has 0 aromatic rings. The molecule has 2 aliphatic heterocycles. The summed E-state index contributed by atoms with van der Waals surface area (Å²) in [5.74, 6) is 1.46. The summed E-state index contributed by atoms with van der Waals surface area (Å²) < 4.78 is 6.10. The van der Waals surface area contributed by atoms with Crippen LogP contribution in [0.2, 0.25) is 0 Å². The summed E-state index contributed by atoms with van der Waals surface area (Å²) in [6.07, 6.45) is 2.67. The number of ether oxygens (including phenoxy) is 1. The largest absolute Gasteiger partial charge is 0.377 e. The number of hydrogen-bond donors (Lipinski definition) is 2. The van der Waals surface area contributed by atoms with Crippen molar-refractivity contribution < 1.29 is 4.74 Å². The molecule has 0 aromatic heterocycles. The molecule has 0 aliphatic carbocycles. The predicted octanol–water partition coefficient (Wildman–Crippen LogP) is 2.64. The lowest BCUT2D eigenvalue weighted by Crippen LogP contribution is -2.49. The lowest BCUT2D eigenvalue weighted by Gasteiger charge is -2.39. The normalized spacial score (nSPS) is 25.2. The van der Waals surface area contributed by atoms with Crippen LogP contribution >= 0.6 is 24.0 Å². The molecule has 0 spiro atoms. The molecule has 2 aliphatic rings. The highest BCUT2D eigenvalue weighted by Crippen LogP contribution is 2.34. The second kappa shape index (κ2) is 13.2. The minimum atomic E-state index is 0. The molecule has 0 radical (unpaired) electrons. The first-order valence-corrected chi connectivity index (χ1v) is 11.0. The van der Waals surface area contributed by atoms with Crippen molar-refractivity contribution in [2.45, 2.75) is 53.6 Å². The zero-order chi connectivity index (χ0) is 19.7. The molecular weight excluding hydrogens is 465 g/mol. The van der Waals surface area contributed by atoms with Crippen molar-refractivity contribution in [1.82, 2.24) is 20.4 Å². The van der Waals surface area contributed by atoms with Gasteiger partial charge in [-0.15, -0.1) is 24.0 Å². The first-order chi connectivity index (χ1) is 12.9. The first kappa shape index (κ1) is 25.9. The smallest absolute Gasteiger partial charge is 0.191 e. The Labute approximate surface area is 190 Å². The van der Waals surface area contributed by atoms with Crippen LogP contribution < -0.4 is 10.6 Å². The monoisotopic (exact) mass is 509 g/mol. The van der Waals surface area contributed by atoms with Crippen LogP contribution in [0.3, 0.4) is 0 Å². The molecule has 2 heterocycles. The van der Waals surface area contributed by atoms with Gasteiger partial charge in [0.15, 0.2) is 5.96 Å². The Morgan fingerprint density at radius 3 is 2.36 bits per heavy atom. The fraction of sp³-hybridized carbons (Fsp3) is 0.952. The van der Waals surface area contributed by atoms with Gasteiger partial charge in [0.25, 0.3) is 0 Å². The first-order valence-electron chi connectivity index (χ1n) is 11.0. The Balaban J connectivity index is 0.00000392. The van der Waals surface area contributed by atoms with Crippen molar-refractivity contribution in [3.63, 3.8) is 0 Å². The standard InChI is InChI=1S/C21H43N5O.HI/c1-6-22-20(23-10-11-26-14-12-25(7-2)13-15-26)24-17-18-9-8-16-27-19(18)21(3,4)5;/h18-19H,6-17H2,1-5H3,(H2,22,23,24);1H. The van der Waals surface area contributed by atoms with Crippen LogP contribution in [0, 0.1) is 11.3 Å². The van der Waals surface area contributed by atoms with E-state index in [2.05, 4.69) is 55.1 Å². The molecule has 2 fully saturated rings. The van der Waals surface area contributed by atoms with Crippen LogP contribution in [0.25, 0.3) is 0 Å². The number of hydrogen-bond acceptors (Lipinski definition) is 4. The summed E-state index contributed by atoms with van der Waals surface area (Å²) in [5, 5.41) is 6.93. The minimum Gasteiger partial charge on any atom is -0.377 e. The van der Waals surface area contributed by atoms with Gasteiger partial charge in [-0.2, -0.15) is 0 Å². The molecule has 7 heteroatoms. The number of aliphatic imine (C=N–C) groups is 1. The van der Waals surface area contributed by atoms with E-state index < -0.39 is 0 Å². The van der Waals surface area contributed by atoms with Crippen LogP contribution in [0.5, 0.6) is 0 Å². The van der Waals surface area contributed by atoms with Crippen molar-refractivity contribution in [3.8, 4) is 0 Å². The van der Waals surface area contributed by atoms with Gasteiger partial charge >= 0.3 is 0 Å². The fourth-order valence-electron chi connectivity index (χ4n) is 4.20. The molecule has 6 nitrogen and oxygen atoms in total. The Bertz CT molecular complexity index is 447. The average Bonchev–Trinajstić information content (AvgIpc) is 2.66. The van der Waals surface area contributed by atoms with Crippen molar-refractivity contribution >= 4 is 29.9 Å². The van der Waals surface area contributed by atoms with E-state index in [0.29, 0.717) is 12.0 Å². The van der Waals surface area contributed by atoms with Gasteiger partial charge < -0.3 is 20.3 Å². The second-order valence-corrected chi connectivity index (χ2v) is 8.98. The Hall–Kier alpha value is -0.120. The molecule has 0 aromatic carbocycles. The van der Waals surface area contributed by atoms with Crippen molar-refractivity contribution in [2.24, 2.45) is 16.3 Å². The quantitative estimate of drug-likeness (QED) is 0.314. The van der Waals surface area contributed by atoms with Crippen LogP contribution in [-0.4, -0.2) is 87.4 Å².